The van der Waals surface area contributed by atoms with Crippen molar-refractivity contribution in [3.05, 3.63) is 29.0 Å². The van der Waals surface area contributed by atoms with E-state index in [0.717, 1.165) is 0 Å². The number of quaternary nitrogens is 1. The van der Waals surface area contributed by atoms with Crippen LogP contribution >= 0.6 is 0 Å². The Morgan fingerprint density at radius 2 is 2.08 bits per heavy atom. The van der Waals surface area contributed by atoms with Crippen molar-refractivity contribution in [3.63, 3.8) is 0 Å². The van der Waals surface area contributed by atoms with Gasteiger partial charge in [-0.15, -0.1) is 0 Å². The van der Waals surface area contributed by atoms with Crippen LogP contribution in [0, 0.1) is 17.0 Å². The van der Waals surface area contributed by atoms with Crippen molar-refractivity contribution in [3.8, 4) is 0 Å². The first-order valence-electron chi connectivity index (χ1n) is 8.64. The molecular weight excluding hydrogens is 326 g/mol. The normalized spacial score (nSPS) is 45.0. The molecule has 0 spiro atoms. The van der Waals surface area contributed by atoms with Crippen molar-refractivity contribution in [1.82, 2.24) is 0 Å². The molecule has 1 N–H and O–H groups in total. The van der Waals surface area contributed by atoms with Crippen LogP contribution in [-0.4, -0.2) is 59.1 Å². The monoisotopic (exact) mass is 351 g/mol. The van der Waals surface area contributed by atoms with Crippen molar-refractivity contribution < 1.29 is 28.8 Å². The Hall–Kier alpha value is -1.70. The van der Waals surface area contributed by atoms with E-state index in [0.29, 0.717) is 18.5 Å². The lowest BCUT2D eigenvalue weighted by Crippen LogP contribution is -2.50. The van der Waals surface area contributed by atoms with Crippen molar-refractivity contribution >= 4 is 11.9 Å². The molecule has 0 saturated carbocycles. The lowest BCUT2D eigenvalue weighted by molar-refractivity contribution is -0.877. The summed E-state index contributed by atoms with van der Waals surface area (Å²) in [6.45, 7) is 9.11. The summed E-state index contributed by atoms with van der Waals surface area (Å²) in [6, 6.07) is -0.554. The van der Waals surface area contributed by atoms with Crippen molar-refractivity contribution in [2.75, 3.05) is 19.7 Å². The van der Waals surface area contributed by atoms with E-state index >= 15 is 0 Å². The number of hydrogen-bond donors (Lipinski definition) is 1. The Kier molecular flexibility index (Phi) is 4.29. The second-order valence-corrected chi connectivity index (χ2v) is 7.64. The van der Waals surface area contributed by atoms with Crippen LogP contribution in [0.2, 0.25) is 0 Å². The smallest absolute Gasteiger partial charge is 0.338 e. The molecule has 0 radical (unpaired) electrons. The second kappa shape index (κ2) is 5.93. The molecule has 138 valence electrons. The fourth-order valence-corrected chi connectivity index (χ4v) is 4.02. The summed E-state index contributed by atoms with van der Waals surface area (Å²) in [6.07, 6.45) is 1.68. The summed E-state index contributed by atoms with van der Waals surface area (Å²) < 4.78 is 10.4. The third-order valence-electron chi connectivity index (χ3n) is 6.18. The van der Waals surface area contributed by atoms with Gasteiger partial charge in [0.2, 0.25) is 0 Å². The molecular formula is C18H25NO6. The Morgan fingerprint density at radius 1 is 1.40 bits per heavy atom. The van der Waals surface area contributed by atoms with Crippen molar-refractivity contribution in [2.24, 2.45) is 11.8 Å². The fraction of sp³-hybridized carbons (Fsp3) is 0.667. The maximum Gasteiger partial charge on any atom is 0.338 e. The van der Waals surface area contributed by atoms with Crippen LogP contribution in [0.4, 0.5) is 0 Å². The van der Waals surface area contributed by atoms with Crippen LogP contribution in [0.15, 0.2) is 23.8 Å². The molecule has 3 rings (SSSR count). The van der Waals surface area contributed by atoms with Gasteiger partial charge in [-0.2, -0.15) is 0 Å². The molecule has 2 saturated heterocycles. The number of carbonyl (C=O) groups excluding carboxylic acids is 2. The van der Waals surface area contributed by atoms with Gasteiger partial charge >= 0.3 is 11.9 Å². The Bertz CT molecular complexity index is 654. The minimum absolute atomic E-state index is 0.0714. The van der Waals surface area contributed by atoms with Gasteiger partial charge in [-0.3, -0.25) is 0 Å². The quantitative estimate of drug-likeness (QED) is 0.230. The fourth-order valence-electron chi connectivity index (χ4n) is 4.02. The molecule has 7 heteroatoms. The maximum atomic E-state index is 12.9. The number of cyclic esters (lactones) is 1. The van der Waals surface area contributed by atoms with Crippen LogP contribution in [0.1, 0.15) is 27.2 Å². The zero-order valence-corrected chi connectivity index (χ0v) is 14.9. The van der Waals surface area contributed by atoms with Gasteiger partial charge in [0.15, 0.2) is 17.7 Å². The van der Waals surface area contributed by atoms with Gasteiger partial charge < -0.3 is 24.4 Å². The molecule has 3 aliphatic heterocycles. The van der Waals surface area contributed by atoms with Gasteiger partial charge in [0.1, 0.15) is 6.61 Å². The van der Waals surface area contributed by atoms with Gasteiger partial charge in [-0.05, 0) is 18.9 Å². The third-order valence-corrected chi connectivity index (χ3v) is 6.18. The summed E-state index contributed by atoms with van der Waals surface area (Å²) in [5.41, 5.74) is -0.943. The van der Waals surface area contributed by atoms with Gasteiger partial charge in [0, 0.05) is 23.5 Å². The maximum absolute atomic E-state index is 12.9. The minimum Gasteiger partial charge on any atom is -0.632 e. The summed E-state index contributed by atoms with van der Waals surface area (Å²) in [5.74, 6) is -2.42. The number of rotatable bonds is 0. The Morgan fingerprint density at radius 3 is 2.76 bits per heavy atom. The van der Waals surface area contributed by atoms with Crippen LogP contribution in [-0.2, 0) is 19.1 Å². The predicted octanol–water partition coefficient (Wildman–Crippen LogP) is 1.06. The van der Waals surface area contributed by atoms with Crippen LogP contribution in [0.3, 0.4) is 0 Å². The summed E-state index contributed by atoms with van der Waals surface area (Å²) >= 11 is 0. The zero-order valence-electron chi connectivity index (χ0n) is 14.9. The molecule has 6 atom stereocenters. The highest BCUT2D eigenvalue weighted by atomic mass is 16.6. The molecule has 0 bridgehead atoms. The summed E-state index contributed by atoms with van der Waals surface area (Å²) in [4.78, 5) is 24.9. The highest BCUT2D eigenvalue weighted by molar-refractivity contribution is 5.89. The molecule has 2 fully saturated rings. The van der Waals surface area contributed by atoms with E-state index in [1.807, 2.05) is 0 Å². The third kappa shape index (κ3) is 2.80. The van der Waals surface area contributed by atoms with Crippen LogP contribution in [0.25, 0.3) is 0 Å². The zero-order chi connectivity index (χ0) is 18.6. The van der Waals surface area contributed by atoms with Crippen LogP contribution < -0.4 is 0 Å². The van der Waals surface area contributed by atoms with E-state index in [9.17, 15) is 19.9 Å². The van der Waals surface area contributed by atoms with Gasteiger partial charge in [-0.1, -0.05) is 20.4 Å². The molecule has 25 heavy (non-hydrogen) atoms. The number of nitrogens with zero attached hydrogens (tertiary/aromatic N) is 1. The second-order valence-electron chi connectivity index (χ2n) is 7.64. The number of hydroxylamine groups is 3. The molecule has 0 amide bonds. The first-order chi connectivity index (χ1) is 11.6. The summed E-state index contributed by atoms with van der Waals surface area (Å²) in [5, 5.41) is 23.5. The largest absolute Gasteiger partial charge is 0.632 e. The predicted molar refractivity (Wildman–Crippen MR) is 88.8 cm³/mol. The van der Waals surface area contributed by atoms with E-state index in [1.165, 1.54) is 6.92 Å². The van der Waals surface area contributed by atoms with E-state index in [2.05, 4.69) is 6.58 Å². The molecule has 7 nitrogen and oxygen atoms in total. The molecule has 3 aliphatic rings. The van der Waals surface area contributed by atoms with Crippen molar-refractivity contribution in [2.45, 2.75) is 44.9 Å². The first kappa shape index (κ1) is 18.1. The Labute approximate surface area is 147 Å². The SMILES string of the molecule is C=C1C(=O)O[C@@H]2CC[N+]3([O-])CC=C(COC(=O)[C@](C)(O)[C@@H](C)[C@H]1C)[C@H]23. The summed E-state index contributed by atoms with van der Waals surface area (Å²) in [7, 11) is 0. The Balaban J connectivity index is 1.95. The number of aliphatic hydroxyl groups is 1. The van der Waals surface area contributed by atoms with Crippen molar-refractivity contribution in [1.29, 1.82) is 0 Å². The molecule has 3 heterocycles. The molecule has 1 unspecified atom stereocenters. The lowest BCUT2D eigenvalue weighted by atomic mass is 9.78. The number of carbonyl (C=O) groups is 2. The molecule has 0 aromatic carbocycles. The van der Waals surface area contributed by atoms with E-state index in [1.54, 1.807) is 19.9 Å². The topological polar surface area (TPSA) is 95.9 Å². The number of ether oxygens (including phenoxy) is 2. The average molecular weight is 351 g/mol. The molecule has 0 aromatic heterocycles. The van der Waals surface area contributed by atoms with E-state index in [4.69, 9.17) is 9.47 Å². The minimum atomic E-state index is -1.78. The van der Waals surface area contributed by atoms with Gasteiger partial charge in [-0.25, -0.2) is 9.59 Å². The molecule has 0 aromatic rings. The number of esters is 2. The lowest BCUT2D eigenvalue weighted by Gasteiger charge is -2.41. The standard InChI is InChI=1S/C18H25NO6/c1-10-11(2)16(20)25-14-6-8-19(23)7-5-13(15(14)19)9-24-17(21)18(4,22)12(10)3/h5,10,12,14-15,22H,2,6-9H2,1,3-4H3/t10-,12-,14+,15+,18+,19?/m0/s1. The van der Waals surface area contributed by atoms with Gasteiger partial charge in [0.25, 0.3) is 0 Å². The van der Waals surface area contributed by atoms with Crippen LogP contribution in [0.5, 0.6) is 0 Å². The molecule has 0 aliphatic carbocycles. The highest BCUT2D eigenvalue weighted by Gasteiger charge is 2.51. The number of hydrogen-bond acceptors (Lipinski definition) is 6. The van der Waals surface area contributed by atoms with E-state index < -0.39 is 46.2 Å². The highest BCUT2D eigenvalue weighted by Crippen LogP contribution is 2.39. The van der Waals surface area contributed by atoms with Gasteiger partial charge in [0.05, 0.1) is 13.1 Å². The average Bonchev–Trinajstić information content (AvgIpc) is 3.05. The van der Waals surface area contributed by atoms with E-state index in [-0.39, 0.29) is 18.7 Å². The first-order valence-corrected chi connectivity index (χ1v) is 8.64.